The van der Waals surface area contributed by atoms with Crippen LogP contribution < -0.4 is 9.64 Å². The van der Waals surface area contributed by atoms with E-state index in [0.717, 1.165) is 22.6 Å². The molecule has 0 N–H and O–H groups in total. The van der Waals surface area contributed by atoms with E-state index in [4.69, 9.17) is 27.9 Å². The van der Waals surface area contributed by atoms with Crippen molar-refractivity contribution in [2.45, 2.75) is 6.92 Å². The van der Waals surface area contributed by atoms with Gasteiger partial charge in [0.25, 0.3) is 5.91 Å². The molecular formula is C24H18Cl2N2O2. The summed E-state index contributed by atoms with van der Waals surface area (Å²) in [6, 6.07) is 20.3. The molecule has 0 saturated heterocycles. The van der Waals surface area contributed by atoms with Gasteiger partial charge in [0.2, 0.25) is 0 Å². The van der Waals surface area contributed by atoms with Crippen LogP contribution in [0.4, 0.5) is 5.69 Å². The zero-order valence-electron chi connectivity index (χ0n) is 16.4. The summed E-state index contributed by atoms with van der Waals surface area (Å²) in [7, 11) is 1.61. The summed E-state index contributed by atoms with van der Waals surface area (Å²) < 4.78 is 5.25. The van der Waals surface area contributed by atoms with Crippen LogP contribution >= 0.6 is 23.2 Å². The highest BCUT2D eigenvalue weighted by Gasteiger charge is 2.32. The van der Waals surface area contributed by atoms with Crippen molar-refractivity contribution in [3.05, 3.63) is 99.2 Å². The average molecular weight is 437 g/mol. The van der Waals surface area contributed by atoms with Crippen LogP contribution in [0.2, 0.25) is 10.0 Å². The van der Waals surface area contributed by atoms with Crippen LogP contribution in [0.1, 0.15) is 16.7 Å². The number of anilines is 1. The lowest BCUT2D eigenvalue weighted by Crippen LogP contribution is -2.32. The highest BCUT2D eigenvalue weighted by atomic mass is 35.5. The Morgan fingerprint density at radius 2 is 1.77 bits per heavy atom. The first-order valence-corrected chi connectivity index (χ1v) is 10.0. The van der Waals surface area contributed by atoms with Gasteiger partial charge < -0.3 is 4.74 Å². The quantitative estimate of drug-likeness (QED) is 0.460. The number of rotatable bonds is 4. The number of amidine groups is 1. The first-order valence-electron chi connectivity index (χ1n) is 9.27. The minimum Gasteiger partial charge on any atom is -0.497 e. The molecule has 0 aromatic heterocycles. The fourth-order valence-corrected chi connectivity index (χ4v) is 3.69. The predicted octanol–water partition coefficient (Wildman–Crippen LogP) is 6.14. The van der Waals surface area contributed by atoms with E-state index >= 15 is 0 Å². The van der Waals surface area contributed by atoms with Crippen molar-refractivity contribution >= 4 is 46.7 Å². The second kappa shape index (κ2) is 8.34. The molecule has 3 aromatic rings. The predicted molar refractivity (Wildman–Crippen MR) is 123 cm³/mol. The van der Waals surface area contributed by atoms with E-state index in [0.29, 0.717) is 27.1 Å². The van der Waals surface area contributed by atoms with Crippen molar-refractivity contribution < 1.29 is 9.53 Å². The Balaban J connectivity index is 1.83. The maximum atomic E-state index is 13.4. The second-order valence-electron chi connectivity index (χ2n) is 6.84. The fraction of sp³-hybridized carbons (Fsp3) is 0.0833. The van der Waals surface area contributed by atoms with Gasteiger partial charge in [0.05, 0.1) is 12.8 Å². The van der Waals surface area contributed by atoms with E-state index in [1.807, 2.05) is 55.5 Å². The van der Waals surface area contributed by atoms with Gasteiger partial charge in [-0.15, -0.1) is 0 Å². The average Bonchev–Trinajstić information content (AvgIpc) is 3.06. The molecule has 0 bridgehead atoms. The highest BCUT2D eigenvalue weighted by Crippen LogP contribution is 2.30. The van der Waals surface area contributed by atoms with Crippen molar-refractivity contribution in [1.82, 2.24) is 0 Å². The molecule has 0 atom stereocenters. The fourth-order valence-electron chi connectivity index (χ4n) is 3.22. The molecule has 0 unspecified atom stereocenters. The summed E-state index contributed by atoms with van der Waals surface area (Å²) in [6.07, 6.45) is 1.68. The first kappa shape index (κ1) is 20.2. The zero-order valence-corrected chi connectivity index (χ0v) is 17.9. The molecule has 0 radical (unpaired) electrons. The van der Waals surface area contributed by atoms with Gasteiger partial charge in [-0.05, 0) is 72.7 Å². The van der Waals surface area contributed by atoms with Crippen LogP contribution in [0.5, 0.6) is 5.75 Å². The second-order valence-corrected chi connectivity index (χ2v) is 7.68. The third-order valence-electron chi connectivity index (χ3n) is 4.72. The Morgan fingerprint density at radius 1 is 1.00 bits per heavy atom. The Kier molecular flexibility index (Phi) is 5.62. The number of hydrogen-bond donors (Lipinski definition) is 0. The number of aryl methyl sites for hydroxylation is 1. The van der Waals surface area contributed by atoms with Gasteiger partial charge in [0.1, 0.15) is 17.3 Å². The molecule has 0 saturated carbocycles. The first-order chi connectivity index (χ1) is 14.5. The third-order valence-corrected chi connectivity index (χ3v) is 5.29. The zero-order chi connectivity index (χ0) is 21.3. The molecule has 4 rings (SSSR count). The van der Waals surface area contributed by atoms with E-state index in [1.54, 1.807) is 36.3 Å². The van der Waals surface area contributed by atoms with Crippen LogP contribution in [0.15, 0.2) is 77.4 Å². The van der Waals surface area contributed by atoms with Gasteiger partial charge in [-0.3, -0.25) is 9.69 Å². The van der Waals surface area contributed by atoms with Gasteiger partial charge in [-0.25, -0.2) is 4.99 Å². The number of benzene rings is 3. The molecule has 4 nitrogen and oxygen atoms in total. The summed E-state index contributed by atoms with van der Waals surface area (Å²) in [5, 5.41) is 0.988. The maximum absolute atomic E-state index is 13.4. The molecule has 3 aromatic carbocycles. The van der Waals surface area contributed by atoms with Crippen LogP contribution in [-0.4, -0.2) is 18.9 Å². The van der Waals surface area contributed by atoms with Crippen LogP contribution in [0, 0.1) is 6.92 Å². The van der Waals surface area contributed by atoms with Gasteiger partial charge in [-0.1, -0.05) is 41.4 Å². The number of carbonyl (C=O) groups is 1. The molecule has 6 heteroatoms. The number of aliphatic imine (C=N–C) groups is 1. The molecule has 30 heavy (non-hydrogen) atoms. The van der Waals surface area contributed by atoms with Crippen molar-refractivity contribution in [3.63, 3.8) is 0 Å². The third kappa shape index (κ3) is 3.97. The van der Waals surface area contributed by atoms with E-state index in [2.05, 4.69) is 4.99 Å². The van der Waals surface area contributed by atoms with Gasteiger partial charge in [0, 0.05) is 15.6 Å². The Labute approximate surface area is 185 Å². The molecule has 1 heterocycles. The van der Waals surface area contributed by atoms with E-state index in [1.165, 1.54) is 0 Å². The van der Waals surface area contributed by atoms with Gasteiger partial charge in [0.15, 0.2) is 0 Å². The Bertz CT molecular complexity index is 1180. The van der Waals surface area contributed by atoms with Crippen LogP contribution in [0.3, 0.4) is 0 Å². The monoisotopic (exact) mass is 436 g/mol. The maximum Gasteiger partial charge on any atom is 0.282 e. The lowest BCUT2D eigenvalue weighted by Gasteiger charge is -2.19. The molecule has 0 fully saturated rings. The minimum atomic E-state index is -0.225. The lowest BCUT2D eigenvalue weighted by atomic mass is 10.1. The minimum absolute atomic E-state index is 0.225. The number of ether oxygens (including phenoxy) is 1. The smallest absolute Gasteiger partial charge is 0.282 e. The van der Waals surface area contributed by atoms with E-state index in [-0.39, 0.29) is 5.91 Å². The number of methoxy groups -OCH3 is 1. The highest BCUT2D eigenvalue weighted by molar-refractivity contribution is 6.36. The molecule has 1 aliphatic heterocycles. The van der Waals surface area contributed by atoms with Gasteiger partial charge in [-0.2, -0.15) is 0 Å². The normalized spacial score (nSPS) is 14.9. The summed E-state index contributed by atoms with van der Waals surface area (Å²) >= 11 is 12.3. The Morgan fingerprint density at radius 3 is 2.43 bits per heavy atom. The van der Waals surface area contributed by atoms with Gasteiger partial charge >= 0.3 is 0 Å². The molecule has 0 spiro atoms. The summed E-state index contributed by atoms with van der Waals surface area (Å²) in [6.45, 7) is 1.98. The van der Waals surface area contributed by atoms with Crippen molar-refractivity contribution in [3.8, 4) is 5.75 Å². The lowest BCUT2D eigenvalue weighted by molar-refractivity contribution is -0.113. The molecule has 150 valence electrons. The largest absolute Gasteiger partial charge is 0.497 e. The molecule has 1 aliphatic rings. The number of halogens is 2. The van der Waals surface area contributed by atoms with Crippen molar-refractivity contribution in [2.24, 2.45) is 4.99 Å². The number of hydrogen-bond acceptors (Lipinski definition) is 3. The van der Waals surface area contributed by atoms with Crippen LogP contribution in [-0.2, 0) is 4.79 Å². The van der Waals surface area contributed by atoms with E-state index in [9.17, 15) is 4.79 Å². The molecular weight excluding hydrogens is 419 g/mol. The summed E-state index contributed by atoms with van der Waals surface area (Å²) in [5.74, 6) is 1.05. The number of nitrogens with zero attached hydrogens (tertiary/aromatic N) is 2. The van der Waals surface area contributed by atoms with E-state index < -0.39 is 0 Å². The van der Waals surface area contributed by atoms with Crippen LogP contribution in [0.25, 0.3) is 6.08 Å². The topological polar surface area (TPSA) is 41.9 Å². The number of amides is 1. The Hall–Kier alpha value is -3.08. The summed E-state index contributed by atoms with van der Waals surface area (Å²) in [5.41, 5.74) is 3.57. The molecule has 0 aliphatic carbocycles. The SMILES string of the molecule is COc1ccc(C2=N/C(=C/c3ccc(Cl)cc3Cl)C(=O)N2c2cccc(C)c2)cc1. The van der Waals surface area contributed by atoms with Crippen molar-refractivity contribution in [2.75, 3.05) is 12.0 Å². The van der Waals surface area contributed by atoms with Crippen molar-refractivity contribution in [1.29, 1.82) is 0 Å². The summed E-state index contributed by atoms with van der Waals surface area (Å²) in [4.78, 5) is 19.6. The number of carbonyl (C=O) groups excluding carboxylic acids is 1. The molecule has 1 amide bonds. The standard InChI is InChI=1S/C24H18Cl2N2O2/c1-15-4-3-5-19(12-15)28-23(16-7-10-20(30-2)11-8-16)27-22(24(28)29)13-17-6-9-18(25)14-21(17)26/h3-14H,1-2H3/b22-13+.